The van der Waals surface area contributed by atoms with Gasteiger partial charge in [-0.15, -0.1) is 0 Å². The summed E-state index contributed by atoms with van der Waals surface area (Å²) < 4.78 is 21.6. The third kappa shape index (κ3) is 20.5. The summed E-state index contributed by atoms with van der Waals surface area (Å²) in [7, 11) is 4.28. The molecule has 7 amide bonds. The number of rotatable bonds is 33. The van der Waals surface area contributed by atoms with Crippen molar-refractivity contribution in [3.63, 3.8) is 0 Å². The lowest BCUT2D eigenvalue weighted by Crippen LogP contribution is -2.56. The zero-order valence-corrected chi connectivity index (χ0v) is 48.2. The summed E-state index contributed by atoms with van der Waals surface area (Å²) in [5.74, 6) is -6.33. The van der Waals surface area contributed by atoms with Crippen LogP contribution in [0.3, 0.4) is 0 Å². The van der Waals surface area contributed by atoms with E-state index in [1.165, 1.54) is 59.1 Å². The van der Waals surface area contributed by atoms with E-state index in [0.29, 0.717) is 12.0 Å². The number of non-ortho nitro benzene ring substituents is 1. The Labute approximate surface area is 465 Å². The van der Waals surface area contributed by atoms with Crippen LogP contribution in [0.1, 0.15) is 66.0 Å². The maximum atomic E-state index is 14.6. The van der Waals surface area contributed by atoms with Crippen LogP contribution in [-0.4, -0.2) is 190 Å². The van der Waals surface area contributed by atoms with Crippen molar-refractivity contribution in [2.24, 2.45) is 29.4 Å². The molecule has 1 aliphatic heterocycles. The summed E-state index contributed by atoms with van der Waals surface area (Å²) in [5, 5.41) is 20.0. The first-order valence-electron chi connectivity index (χ1n) is 26.0. The van der Waals surface area contributed by atoms with Crippen LogP contribution in [0.25, 0.3) is 0 Å². The van der Waals surface area contributed by atoms with Crippen LogP contribution in [0, 0.1) is 33.8 Å². The zero-order chi connectivity index (χ0) is 58.3. The lowest BCUT2D eigenvalue weighted by Gasteiger charge is -2.41. The normalized spacial score (nSPS) is 15.3. The van der Waals surface area contributed by atoms with Crippen LogP contribution in [0.15, 0.2) is 65.2 Å². The minimum Gasteiger partial charge on any atom is -0.464 e. The number of esters is 1. The summed E-state index contributed by atoms with van der Waals surface area (Å²) >= 11 is 3.43. The largest absolute Gasteiger partial charge is 0.464 e. The summed E-state index contributed by atoms with van der Waals surface area (Å²) in [4.78, 5) is 126. The first-order chi connectivity index (χ1) is 36.9. The van der Waals surface area contributed by atoms with E-state index in [1.807, 2.05) is 38.1 Å². The zero-order valence-electron chi connectivity index (χ0n) is 46.6. The van der Waals surface area contributed by atoms with E-state index in [-0.39, 0.29) is 76.6 Å². The monoisotopic (exact) mass is 1160 g/mol. The molecule has 2 aromatic rings. The molecule has 0 saturated carbocycles. The fourth-order valence-electron chi connectivity index (χ4n) is 8.60. The maximum Gasteiger partial charge on any atom is 0.328 e. The molecular weight excluding hydrogens is 1080 g/mol. The van der Waals surface area contributed by atoms with Gasteiger partial charge < -0.3 is 60.2 Å². The number of nitro groups is 1. The molecule has 0 aromatic heterocycles. The number of amides is 7. The fraction of sp³-hybridized carbons (Fsp3) is 0.593. The van der Waals surface area contributed by atoms with Gasteiger partial charge in [0.2, 0.25) is 41.4 Å². The van der Waals surface area contributed by atoms with Crippen LogP contribution < -0.4 is 21.7 Å². The maximum absolute atomic E-state index is 14.6. The van der Waals surface area contributed by atoms with E-state index in [0.717, 1.165) is 10.0 Å². The molecule has 1 fully saturated rings. The van der Waals surface area contributed by atoms with Gasteiger partial charge in [-0.3, -0.25) is 43.7 Å². The van der Waals surface area contributed by atoms with Crippen LogP contribution in [-0.2, 0) is 69.3 Å². The van der Waals surface area contributed by atoms with Gasteiger partial charge in [0, 0.05) is 76.5 Å². The first-order valence-corrected chi connectivity index (χ1v) is 26.8. The predicted octanol–water partition coefficient (Wildman–Crippen LogP) is 2.57. The molecule has 1 saturated heterocycles. The van der Waals surface area contributed by atoms with Crippen molar-refractivity contribution in [2.75, 3.05) is 100 Å². The Bertz CT molecular complexity index is 2370. The van der Waals surface area contributed by atoms with Gasteiger partial charge in [0.05, 0.1) is 69.1 Å². The molecule has 24 heteroatoms. The Morgan fingerprint density at radius 2 is 1.28 bits per heavy atom. The highest BCUT2D eigenvalue weighted by Gasteiger charge is 2.40. The third-order valence-corrected chi connectivity index (χ3v) is 13.9. The van der Waals surface area contributed by atoms with Gasteiger partial charge in [-0.1, -0.05) is 75.7 Å². The van der Waals surface area contributed by atoms with Gasteiger partial charge in [0.15, 0.2) is 0 Å². The number of nitrogens with one attached hydrogen (secondary N) is 3. The first kappa shape index (κ1) is 65.9. The molecule has 0 aliphatic carbocycles. The van der Waals surface area contributed by atoms with Crippen LogP contribution in [0.2, 0.25) is 0 Å². The van der Waals surface area contributed by atoms with Crippen LogP contribution in [0.4, 0.5) is 5.69 Å². The molecule has 0 spiro atoms. The van der Waals surface area contributed by atoms with Gasteiger partial charge in [-0.2, -0.15) is 0 Å². The summed E-state index contributed by atoms with van der Waals surface area (Å²) in [6.07, 6.45) is 3.48. The summed E-state index contributed by atoms with van der Waals surface area (Å²) in [6.45, 7) is 10.7. The molecule has 0 bridgehead atoms. The van der Waals surface area contributed by atoms with E-state index in [4.69, 9.17) is 24.7 Å². The van der Waals surface area contributed by atoms with E-state index < -0.39 is 114 Å². The number of benzene rings is 2. The molecule has 3 rings (SSSR count). The van der Waals surface area contributed by atoms with Crippen molar-refractivity contribution < 1.29 is 62.2 Å². The SMILES string of the molecule is COCCN(CC(=O)N[C@H]1CCOC1=O)C(=O)CN(CCc1ccc(Br)cc1)C(=O)CN(CCOC)C(=O)CN(CCOC)C(=O)[C@@H](NC(=O)/C=C/[C@@H](C(C)C)[C@](C)(NC(=O)[C@@H](N)C(C)C)c1ccc([N+](=O)[O-])cc1)C(C)C. The Balaban J connectivity index is 1.92. The standard InChI is InChI=1S/C54H80BrN9O14/c1-35(2)42(54(7,59-51(70)49(56)36(3)4)39-13-17-41(18-14-39)64(73)74)19-20-44(65)58-50(37(5)6)52(71)63(26-30-77-10)34-48(69)62(25-29-76-9)33-46(67)60(23-21-38-11-15-40(55)16-12-38)32-47(68)61(24-28-75-8)31-45(66)57-43-22-27-78-53(43)72/h11-20,35-37,42-43,49-50H,21-34,56H2,1-10H3,(H,57,66)(H,58,65)(H,59,70)/b20-19+/t42-,43-,49-,50-,54+/m0/s1. The molecule has 432 valence electrons. The van der Waals surface area contributed by atoms with Gasteiger partial charge >= 0.3 is 5.97 Å². The van der Waals surface area contributed by atoms with Gasteiger partial charge in [0.1, 0.15) is 12.1 Å². The van der Waals surface area contributed by atoms with Crippen molar-refractivity contribution >= 4 is 68.9 Å². The number of cyclic esters (lactones) is 1. The minimum atomic E-state index is -1.23. The average Bonchev–Trinajstić information content (AvgIpc) is 3.82. The van der Waals surface area contributed by atoms with Gasteiger partial charge in [0.25, 0.3) is 5.69 Å². The van der Waals surface area contributed by atoms with Gasteiger partial charge in [-0.25, -0.2) is 4.79 Å². The van der Waals surface area contributed by atoms with Crippen molar-refractivity contribution in [3.05, 3.63) is 86.4 Å². The van der Waals surface area contributed by atoms with E-state index in [1.54, 1.807) is 52.8 Å². The quantitative estimate of drug-likeness (QED) is 0.0346. The molecule has 78 heavy (non-hydrogen) atoms. The van der Waals surface area contributed by atoms with E-state index in [2.05, 4.69) is 31.9 Å². The van der Waals surface area contributed by atoms with E-state index in [9.17, 15) is 48.5 Å². The molecule has 1 heterocycles. The molecule has 23 nitrogen and oxygen atoms in total. The Morgan fingerprint density at radius 3 is 1.76 bits per heavy atom. The molecule has 2 aromatic carbocycles. The number of hydrogen-bond donors (Lipinski definition) is 4. The Kier molecular flexibility index (Phi) is 27.5. The average molecular weight is 1160 g/mol. The fourth-order valence-corrected chi connectivity index (χ4v) is 8.86. The lowest BCUT2D eigenvalue weighted by molar-refractivity contribution is -0.384. The molecular formula is C54H80BrN9O14. The molecule has 5 atom stereocenters. The second kappa shape index (κ2) is 32.5. The summed E-state index contributed by atoms with van der Waals surface area (Å²) in [5.41, 5.74) is 6.26. The number of methoxy groups -OCH3 is 3. The number of hydrogen-bond acceptors (Lipinski definition) is 15. The highest BCUT2D eigenvalue weighted by molar-refractivity contribution is 9.10. The smallest absolute Gasteiger partial charge is 0.328 e. The number of carbonyl (C=O) groups is 8. The van der Waals surface area contributed by atoms with Crippen molar-refractivity contribution in [1.82, 2.24) is 35.6 Å². The number of halogens is 1. The second-order valence-corrected chi connectivity index (χ2v) is 21.2. The lowest BCUT2D eigenvalue weighted by atomic mass is 9.73. The Morgan fingerprint density at radius 1 is 0.769 bits per heavy atom. The van der Waals surface area contributed by atoms with Gasteiger partial charge in [-0.05, 0) is 72.6 Å². The number of nitrogens with two attached hydrogens (primary N) is 1. The third-order valence-electron chi connectivity index (χ3n) is 13.4. The number of carbonyl (C=O) groups excluding carboxylic acids is 8. The molecule has 0 radical (unpaired) electrons. The second-order valence-electron chi connectivity index (χ2n) is 20.3. The molecule has 1 aliphatic rings. The highest BCUT2D eigenvalue weighted by Crippen LogP contribution is 2.37. The molecule has 0 unspecified atom stereocenters. The minimum absolute atomic E-state index is 0.00311. The highest BCUT2D eigenvalue weighted by atomic mass is 79.9. The van der Waals surface area contributed by atoms with Crippen LogP contribution in [0.5, 0.6) is 0 Å². The topological polar surface area (TPSA) is 292 Å². The summed E-state index contributed by atoms with van der Waals surface area (Å²) in [6, 6.07) is 10.2. The number of nitrogens with zero attached hydrogens (tertiary/aromatic N) is 5. The number of nitro benzene ring substituents is 1. The van der Waals surface area contributed by atoms with Crippen LogP contribution >= 0.6 is 15.9 Å². The Hall–Kier alpha value is -6.34. The number of ether oxygens (including phenoxy) is 4. The van der Waals surface area contributed by atoms with Crippen molar-refractivity contribution in [1.29, 1.82) is 0 Å². The van der Waals surface area contributed by atoms with Crippen molar-refractivity contribution in [2.45, 2.75) is 85.0 Å². The van der Waals surface area contributed by atoms with E-state index >= 15 is 0 Å². The molecule has 5 N–H and O–H groups in total. The van der Waals surface area contributed by atoms with Crippen molar-refractivity contribution in [3.8, 4) is 0 Å². The predicted molar refractivity (Wildman–Crippen MR) is 293 cm³/mol.